The third-order valence-electron chi connectivity index (χ3n) is 5.47. The number of amides is 1. The van der Waals surface area contributed by atoms with E-state index in [-0.39, 0.29) is 0 Å². The van der Waals surface area contributed by atoms with Crippen LogP contribution in [0.2, 0.25) is 0 Å². The lowest BCUT2D eigenvalue weighted by molar-refractivity contribution is 0.0706. The third kappa shape index (κ3) is 4.42. The van der Waals surface area contributed by atoms with Gasteiger partial charge in [-0.25, -0.2) is 10.5 Å². The first-order valence-corrected chi connectivity index (χ1v) is 9.91. The molecule has 150 valence electrons. The number of carbonyl (C=O) groups is 1. The minimum absolute atomic E-state index is 0.338. The van der Waals surface area contributed by atoms with Crippen molar-refractivity contribution in [3.8, 4) is 11.3 Å². The Labute approximate surface area is 170 Å². The van der Waals surface area contributed by atoms with Gasteiger partial charge < -0.3 is 4.90 Å². The molecule has 1 fully saturated rings. The number of aromatic nitrogens is 2. The first-order valence-electron chi connectivity index (χ1n) is 9.91. The van der Waals surface area contributed by atoms with E-state index in [1.165, 1.54) is 5.56 Å². The van der Waals surface area contributed by atoms with Crippen LogP contribution in [-0.4, -0.2) is 63.6 Å². The van der Waals surface area contributed by atoms with E-state index in [1.807, 2.05) is 0 Å². The van der Waals surface area contributed by atoms with Gasteiger partial charge in [-0.05, 0) is 30.3 Å². The fourth-order valence-corrected chi connectivity index (χ4v) is 3.66. The number of hydrogen-bond acceptors (Lipinski definition) is 6. The molecule has 0 bridgehead atoms. The molecule has 2 aromatic carbocycles. The lowest BCUT2D eigenvalue weighted by Crippen LogP contribution is -2.45. The van der Waals surface area contributed by atoms with Crippen molar-refractivity contribution in [1.82, 2.24) is 25.2 Å². The lowest BCUT2D eigenvalue weighted by atomic mass is 10.1. The predicted molar refractivity (Wildman–Crippen MR) is 112 cm³/mol. The molecular weight excluding hydrogens is 366 g/mol. The quantitative estimate of drug-likeness (QED) is 0.514. The number of nitrogens with zero attached hydrogens (tertiary/aromatic N) is 4. The van der Waals surface area contributed by atoms with Crippen molar-refractivity contribution >= 4 is 16.9 Å². The van der Waals surface area contributed by atoms with Crippen molar-refractivity contribution in [2.45, 2.75) is 13.5 Å². The van der Waals surface area contributed by atoms with Gasteiger partial charge in [0.25, 0.3) is 5.91 Å². The first kappa shape index (κ1) is 19.4. The first-order chi connectivity index (χ1) is 14.2. The highest BCUT2D eigenvalue weighted by Crippen LogP contribution is 2.21. The molecule has 0 atom stereocenters. The van der Waals surface area contributed by atoms with Crippen LogP contribution < -0.4 is 5.48 Å². The molecule has 7 heteroatoms. The van der Waals surface area contributed by atoms with E-state index < -0.39 is 5.91 Å². The van der Waals surface area contributed by atoms with Gasteiger partial charge >= 0.3 is 0 Å². The highest BCUT2D eigenvalue weighted by molar-refractivity contribution is 5.96. The molecule has 29 heavy (non-hydrogen) atoms. The summed E-state index contributed by atoms with van der Waals surface area (Å²) >= 11 is 0. The fourth-order valence-electron chi connectivity index (χ4n) is 3.66. The largest absolute Gasteiger partial charge is 0.301 e. The van der Waals surface area contributed by atoms with E-state index in [0.29, 0.717) is 16.6 Å². The Bertz CT molecular complexity index is 998. The molecule has 0 saturated carbocycles. The average molecular weight is 391 g/mol. The second-order valence-corrected chi connectivity index (χ2v) is 7.31. The number of carbonyl (C=O) groups excluding carboxylic acids is 1. The zero-order valence-electron chi connectivity index (χ0n) is 16.5. The van der Waals surface area contributed by atoms with E-state index in [1.54, 1.807) is 29.9 Å². The number of rotatable bonds is 5. The number of piperazine rings is 1. The van der Waals surface area contributed by atoms with E-state index in [4.69, 9.17) is 5.21 Å². The molecule has 0 unspecified atom stereocenters. The van der Waals surface area contributed by atoms with Crippen molar-refractivity contribution in [2.75, 3.05) is 32.7 Å². The number of likely N-dealkylation sites (N-methyl/N-ethyl adjacent to an activating group) is 1. The van der Waals surface area contributed by atoms with Gasteiger partial charge in [0.1, 0.15) is 0 Å². The minimum atomic E-state index is -0.566. The molecule has 1 aliphatic rings. The standard InChI is InChI=1S/C22H25N5O2/c1-2-26-9-11-27(12-10-26)15-16-3-5-17(6-4-16)21-14-23-19-8-7-18(22(28)25-29)13-20(19)24-21/h3-8,13-14,29H,2,9-12,15H2,1H3,(H,25,28). The number of nitrogens with one attached hydrogen (secondary N) is 1. The van der Waals surface area contributed by atoms with Crippen LogP contribution in [0.1, 0.15) is 22.8 Å². The van der Waals surface area contributed by atoms with E-state index in [0.717, 1.165) is 50.5 Å². The van der Waals surface area contributed by atoms with Crippen LogP contribution in [0.25, 0.3) is 22.3 Å². The summed E-state index contributed by atoms with van der Waals surface area (Å²) in [4.78, 5) is 25.7. The summed E-state index contributed by atoms with van der Waals surface area (Å²) in [7, 11) is 0. The van der Waals surface area contributed by atoms with Crippen LogP contribution in [0.4, 0.5) is 0 Å². The summed E-state index contributed by atoms with van der Waals surface area (Å²) in [5.74, 6) is -0.566. The van der Waals surface area contributed by atoms with Crippen LogP contribution >= 0.6 is 0 Å². The van der Waals surface area contributed by atoms with Crippen molar-refractivity contribution in [1.29, 1.82) is 0 Å². The molecule has 7 nitrogen and oxygen atoms in total. The van der Waals surface area contributed by atoms with Crippen molar-refractivity contribution in [3.63, 3.8) is 0 Å². The second kappa shape index (κ2) is 8.65. The highest BCUT2D eigenvalue weighted by Gasteiger charge is 2.15. The van der Waals surface area contributed by atoms with Crippen LogP contribution in [-0.2, 0) is 6.54 Å². The van der Waals surface area contributed by atoms with Crippen LogP contribution in [0.5, 0.6) is 0 Å². The van der Waals surface area contributed by atoms with Gasteiger partial charge in [-0.3, -0.25) is 19.9 Å². The minimum Gasteiger partial charge on any atom is -0.301 e. The molecule has 1 amide bonds. The molecule has 3 aromatic rings. The Balaban J connectivity index is 1.49. The predicted octanol–water partition coefficient (Wildman–Crippen LogP) is 2.55. The van der Waals surface area contributed by atoms with Gasteiger partial charge in [0, 0.05) is 43.9 Å². The van der Waals surface area contributed by atoms with Gasteiger partial charge in [0.05, 0.1) is 22.9 Å². The van der Waals surface area contributed by atoms with Gasteiger partial charge in [-0.15, -0.1) is 0 Å². The van der Waals surface area contributed by atoms with Crippen LogP contribution in [0, 0.1) is 0 Å². The summed E-state index contributed by atoms with van der Waals surface area (Å²) in [6, 6.07) is 13.4. The molecule has 1 saturated heterocycles. The summed E-state index contributed by atoms with van der Waals surface area (Å²) in [6.07, 6.45) is 1.74. The Kier molecular flexibility index (Phi) is 5.80. The normalized spacial score (nSPS) is 15.5. The highest BCUT2D eigenvalue weighted by atomic mass is 16.5. The summed E-state index contributed by atoms with van der Waals surface area (Å²) in [5.41, 5.74) is 6.32. The van der Waals surface area contributed by atoms with E-state index in [2.05, 4.69) is 51.0 Å². The Morgan fingerprint density at radius 1 is 1.03 bits per heavy atom. The fraction of sp³-hybridized carbons (Fsp3) is 0.318. The van der Waals surface area contributed by atoms with Gasteiger partial charge in [0.2, 0.25) is 0 Å². The average Bonchev–Trinajstić information content (AvgIpc) is 2.79. The molecule has 4 rings (SSSR count). The molecule has 1 aromatic heterocycles. The summed E-state index contributed by atoms with van der Waals surface area (Å²) in [5, 5.41) is 8.82. The maximum atomic E-state index is 11.6. The zero-order chi connectivity index (χ0) is 20.2. The summed E-state index contributed by atoms with van der Waals surface area (Å²) < 4.78 is 0. The molecule has 0 aliphatic carbocycles. The van der Waals surface area contributed by atoms with Crippen molar-refractivity contribution in [2.24, 2.45) is 0 Å². The van der Waals surface area contributed by atoms with E-state index >= 15 is 0 Å². The van der Waals surface area contributed by atoms with Crippen molar-refractivity contribution < 1.29 is 10.0 Å². The van der Waals surface area contributed by atoms with Gasteiger partial charge in [0.15, 0.2) is 0 Å². The topological polar surface area (TPSA) is 81.6 Å². The van der Waals surface area contributed by atoms with Crippen LogP contribution in [0.3, 0.4) is 0 Å². The second-order valence-electron chi connectivity index (χ2n) is 7.31. The maximum Gasteiger partial charge on any atom is 0.274 e. The van der Waals surface area contributed by atoms with E-state index in [9.17, 15) is 4.79 Å². The SMILES string of the molecule is CCN1CCN(Cc2ccc(-c3cnc4ccc(C(=O)NO)cc4n3)cc2)CC1. The number of fused-ring (bicyclic) bond motifs is 1. The third-order valence-corrected chi connectivity index (χ3v) is 5.47. The smallest absolute Gasteiger partial charge is 0.274 e. The maximum absolute atomic E-state index is 11.6. The van der Waals surface area contributed by atoms with Crippen LogP contribution in [0.15, 0.2) is 48.7 Å². The molecule has 1 aliphatic heterocycles. The monoisotopic (exact) mass is 391 g/mol. The number of hydrogen-bond donors (Lipinski definition) is 2. The lowest BCUT2D eigenvalue weighted by Gasteiger charge is -2.34. The molecule has 0 spiro atoms. The van der Waals surface area contributed by atoms with Gasteiger partial charge in [-0.1, -0.05) is 31.2 Å². The summed E-state index contributed by atoms with van der Waals surface area (Å²) in [6.45, 7) is 8.79. The Morgan fingerprint density at radius 2 is 1.76 bits per heavy atom. The Morgan fingerprint density at radius 3 is 2.45 bits per heavy atom. The molecule has 2 N–H and O–H groups in total. The molecule has 2 heterocycles. The molecule has 0 radical (unpaired) electrons. The number of benzene rings is 2. The Hall–Kier alpha value is -2.87. The van der Waals surface area contributed by atoms with Crippen molar-refractivity contribution in [3.05, 3.63) is 59.8 Å². The zero-order valence-corrected chi connectivity index (χ0v) is 16.5. The molecular formula is C22H25N5O2. The number of hydroxylamine groups is 1. The van der Waals surface area contributed by atoms with Gasteiger partial charge in [-0.2, -0.15) is 0 Å².